The van der Waals surface area contributed by atoms with E-state index >= 15 is 0 Å². The highest BCUT2D eigenvalue weighted by atomic mass is 19.1. The minimum absolute atomic E-state index is 0.255. The lowest BCUT2D eigenvalue weighted by molar-refractivity contribution is 0.257. The van der Waals surface area contributed by atoms with Gasteiger partial charge in [-0.3, -0.25) is 0 Å². The van der Waals surface area contributed by atoms with Gasteiger partial charge in [0.2, 0.25) is 0 Å². The Morgan fingerprint density at radius 3 is 2.84 bits per heavy atom. The molecule has 1 atom stereocenters. The summed E-state index contributed by atoms with van der Waals surface area (Å²) >= 11 is 0. The molecule has 0 bridgehead atoms. The minimum Gasteiger partial charge on any atom is -0.355 e. The van der Waals surface area contributed by atoms with E-state index in [1.54, 1.807) is 18.3 Å². The Bertz CT molecular complexity index is 888. The van der Waals surface area contributed by atoms with Gasteiger partial charge in [-0.2, -0.15) is 9.61 Å². The first kappa shape index (κ1) is 16.0. The van der Waals surface area contributed by atoms with E-state index in [9.17, 15) is 4.39 Å². The van der Waals surface area contributed by atoms with Crippen LogP contribution in [0.2, 0.25) is 0 Å². The Balaban J connectivity index is 1.80. The van der Waals surface area contributed by atoms with Crippen LogP contribution in [0.3, 0.4) is 0 Å². The molecule has 0 amide bonds. The van der Waals surface area contributed by atoms with E-state index in [-0.39, 0.29) is 5.82 Å². The number of halogens is 1. The van der Waals surface area contributed by atoms with Crippen molar-refractivity contribution in [2.24, 2.45) is 0 Å². The molecule has 1 unspecified atom stereocenters. The van der Waals surface area contributed by atoms with Gasteiger partial charge < -0.3 is 9.80 Å². The molecule has 25 heavy (non-hydrogen) atoms. The van der Waals surface area contributed by atoms with Crippen molar-refractivity contribution in [2.45, 2.75) is 18.9 Å². The summed E-state index contributed by atoms with van der Waals surface area (Å²) in [4.78, 5) is 9.20. The van der Waals surface area contributed by atoms with Gasteiger partial charge >= 0.3 is 0 Å². The number of hydrogen-bond donors (Lipinski definition) is 0. The van der Waals surface area contributed by atoms with Crippen LogP contribution in [0, 0.1) is 5.82 Å². The maximum absolute atomic E-state index is 14.3. The van der Waals surface area contributed by atoms with Gasteiger partial charge in [-0.05, 0) is 39.1 Å². The second-order valence-electron chi connectivity index (χ2n) is 6.79. The molecule has 1 aliphatic rings. The third-order valence-corrected chi connectivity index (χ3v) is 4.94. The highest BCUT2D eigenvalue weighted by Gasteiger charge is 2.24. The van der Waals surface area contributed by atoms with Crippen molar-refractivity contribution in [3.05, 3.63) is 48.4 Å². The summed E-state index contributed by atoms with van der Waals surface area (Å²) in [6.45, 7) is 1.91. The molecular formula is C19H22FN5. The predicted octanol–water partition coefficient (Wildman–Crippen LogP) is 3.07. The van der Waals surface area contributed by atoms with E-state index in [1.807, 2.05) is 22.7 Å². The molecular weight excluding hydrogens is 317 g/mol. The van der Waals surface area contributed by atoms with Crippen LogP contribution < -0.4 is 4.90 Å². The molecule has 0 spiro atoms. The van der Waals surface area contributed by atoms with Gasteiger partial charge in [0.05, 0.1) is 11.9 Å². The Kier molecular flexibility index (Phi) is 4.13. The van der Waals surface area contributed by atoms with Gasteiger partial charge in [-0.15, -0.1) is 0 Å². The Hall–Kier alpha value is -2.47. The van der Waals surface area contributed by atoms with Crippen LogP contribution in [-0.2, 0) is 0 Å². The van der Waals surface area contributed by atoms with E-state index in [4.69, 9.17) is 0 Å². The number of fused-ring (bicyclic) bond motifs is 1. The van der Waals surface area contributed by atoms with Crippen molar-refractivity contribution in [1.29, 1.82) is 0 Å². The molecule has 0 N–H and O–H groups in total. The topological polar surface area (TPSA) is 36.7 Å². The number of anilines is 1. The molecule has 0 aliphatic carbocycles. The molecule has 1 aliphatic heterocycles. The van der Waals surface area contributed by atoms with Crippen molar-refractivity contribution in [3.63, 3.8) is 0 Å². The summed E-state index contributed by atoms with van der Waals surface area (Å²) in [6, 6.07) is 11.1. The summed E-state index contributed by atoms with van der Waals surface area (Å²) in [5, 5.41) is 4.43. The molecule has 3 aromatic rings. The average molecular weight is 339 g/mol. The third-order valence-electron chi connectivity index (χ3n) is 4.94. The van der Waals surface area contributed by atoms with Crippen molar-refractivity contribution >= 4 is 11.5 Å². The van der Waals surface area contributed by atoms with Crippen molar-refractivity contribution in [3.8, 4) is 11.3 Å². The fraction of sp³-hybridized carbons (Fsp3) is 0.368. The number of likely N-dealkylation sites (N-methyl/N-ethyl adjacent to an activating group) is 1. The molecule has 6 heteroatoms. The summed E-state index contributed by atoms with van der Waals surface area (Å²) < 4.78 is 16.1. The van der Waals surface area contributed by atoms with Crippen molar-refractivity contribution in [1.82, 2.24) is 19.5 Å². The Morgan fingerprint density at radius 2 is 2.04 bits per heavy atom. The first-order chi connectivity index (χ1) is 12.1. The number of hydrogen-bond acceptors (Lipinski definition) is 4. The lowest BCUT2D eigenvalue weighted by Gasteiger charge is -2.37. The standard InChI is InChI=1S/C19H22FN5/c1-23(2)14-6-5-11-24(13-14)19-12-17(15-7-3-4-8-16(15)20)22-18-9-10-21-25(18)19/h3-4,7-10,12,14H,5-6,11,13H2,1-2H3. The predicted molar refractivity (Wildman–Crippen MR) is 97.3 cm³/mol. The van der Waals surface area contributed by atoms with E-state index in [2.05, 4.69) is 34.0 Å². The van der Waals surface area contributed by atoms with Crippen LogP contribution in [0.4, 0.5) is 10.2 Å². The van der Waals surface area contributed by atoms with Gasteiger partial charge in [-0.1, -0.05) is 12.1 Å². The van der Waals surface area contributed by atoms with Gasteiger partial charge in [0.1, 0.15) is 11.6 Å². The number of aromatic nitrogens is 3. The normalized spacial score (nSPS) is 18.2. The number of nitrogens with zero attached hydrogens (tertiary/aromatic N) is 5. The maximum atomic E-state index is 14.3. The monoisotopic (exact) mass is 339 g/mol. The molecule has 4 rings (SSSR count). The Morgan fingerprint density at radius 1 is 1.20 bits per heavy atom. The van der Waals surface area contributed by atoms with E-state index in [0.29, 0.717) is 17.3 Å². The SMILES string of the molecule is CN(C)C1CCCN(c2cc(-c3ccccc3F)nc3ccnn23)C1. The maximum Gasteiger partial charge on any atom is 0.157 e. The zero-order valence-electron chi connectivity index (χ0n) is 14.6. The molecule has 3 heterocycles. The van der Waals surface area contributed by atoms with Crippen LogP contribution in [0.25, 0.3) is 16.9 Å². The average Bonchev–Trinajstić information content (AvgIpc) is 3.10. The van der Waals surface area contributed by atoms with Crippen LogP contribution in [0.15, 0.2) is 42.6 Å². The number of benzene rings is 1. The van der Waals surface area contributed by atoms with Gasteiger partial charge in [-0.25, -0.2) is 9.37 Å². The molecule has 1 fully saturated rings. The zero-order valence-corrected chi connectivity index (χ0v) is 14.6. The van der Waals surface area contributed by atoms with Crippen LogP contribution in [0.1, 0.15) is 12.8 Å². The number of rotatable bonds is 3. The highest BCUT2D eigenvalue weighted by Crippen LogP contribution is 2.28. The zero-order chi connectivity index (χ0) is 17.4. The Labute approximate surface area is 146 Å². The fourth-order valence-electron chi connectivity index (χ4n) is 3.51. The minimum atomic E-state index is -0.255. The van der Waals surface area contributed by atoms with Gasteiger partial charge in [0, 0.05) is 36.8 Å². The van der Waals surface area contributed by atoms with Crippen LogP contribution in [-0.4, -0.2) is 52.7 Å². The molecule has 0 saturated carbocycles. The number of piperidine rings is 1. The lowest BCUT2D eigenvalue weighted by atomic mass is 10.0. The summed E-state index contributed by atoms with van der Waals surface area (Å²) in [7, 11) is 4.24. The van der Waals surface area contributed by atoms with E-state index < -0.39 is 0 Å². The molecule has 1 aromatic carbocycles. The molecule has 2 aromatic heterocycles. The first-order valence-electron chi connectivity index (χ1n) is 8.64. The van der Waals surface area contributed by atoms with Gasteiger partial charge in [0.15, 0.2) is 5.65 Å². The van der Waals surface area contributed by atoms with E-state index in [1.165, 1.54) is 12.5 Å². The van der Waals surface area contributed by atoms with Crippen LogP contribution in [0.5, 0.6) is 0 Å². The van der Waals surface area contributed by atoms with Crippen LogP contribution >= 0.6 is 0 Å². The lowest BCUT2D eigenvalue weighted by Crippen LogP contribution is -2.45. The molecule has 5 nitrogen and oxygen atoms in total. The molecule has 130 valence electrons. The summed E-state index contributed by atoms with van der Waals surface area (Å²) in [5.74, 6) is 0.717. The summed E-state index contributed by atoms with van der Waals surface area (Å²) in [6.07, 6.45) is 4.06. The summed E-state index contributed by atoms with van der Waals surface area (Å²) in [5.41, 5.74) is 1.91. The fourth-order valence-corrected chi connectivity index (χ4v) is 3.51. The molecule has 1 saturated heterocycles. The second-order valence-corrected chi connectivity index (χ2v) is 6.79. The van der Waals surface area contributed by atoms with E-state index in [0.717, 1.165) is 31.0 Å². The molecule has 0 radical (unpaired) electrons. The largest absolute Gasteiger partial charge is 0.355 e. The van der Waals surface area contributed by atoms with Gasteiger partial charge in [0.25, 0.3) is 0 Å². The smallest absolute Gasteiger partial charge is 0.157 e. The second kappa shape index (κ2) is 6.44. The van der Waals surface area contributed by atoms with Crippen molar-refractivity contribution < 1.29 is 4.39 Å². The quantitative estimate of drug-likeness (QED) is 0.735. The highest BCUT2D eigenvalue weighted by molar-refractivity contribution is 5.67. The third kappa shape index (κ3) is 2.98. The first-order valence-corrected chi connectivity index (χ1v) is 8.64. The van der Waals surface area contributed by atoms with Crippen molar-refractivity contribution in [2.75, 3.05) is 32.1 Å².